The number of quaternary nitrogens is 1. The van der Waals surface area contributed by atoms with Gasteiger partial charge in [-0.25, -0.2) is 0 Å². The van der Waals surface area contributed by atoms with Crippen LogP contribution < -0.4 is 0 Å². The normalized spacial score (nSPS) is 18.0. The highest BCUT2D eigenvalue weighted by molar-refractivity contribution is 5.96. The number of carbonyl (C=O) groups excluding carboxylic acids is 2. The number of methoxy groups -OCH3 is 1. The molecule has 0 aromatic heterocycles. The van der Waals surface area contributed by atoms with Crippen molar-refractivity contribution in [2.45, 2.75) is 26.7 Å². The summed E-state index contributed by atoms with van der Waals surface area (Å²) in [6.07, 6.45) is 2.29. The molecule has 1 fully saturated rings. The first-order valence-corrected chi connectivity index (χ1v) is 4.98. The van der Waals surface area contributed by atoms with Crippen LogP contribution >= 0.6 is 0 Å². The molecule has 0 amide bonds. The number of hydrogen-bond donors (Lipinski definition) is 0. The van der Waals surface area contributed by atoms with Gasteiger partial charge in [0.25, 0.3) is 0 Å². The Kier molecular flexibility index (Phi) is 5.50. The van der Waals surface area contributed by atoms with E-state index in [1.165, 1.54) is 20.0 Å². The highest BCUT2D eigenvalue weighted by atomic mass is 16.5. The Morgan fingerprint density at radius 1 is 1.27 bits per heavy atom. The quantitative estimate of drug-likeness (QED) is 0.400. The van der Waals surface area contributed by atoms with Crippen molar-refractivity contribution >= 4 is 11.8 Å². The van der Waals surface area contributed by atoms with Crippen LogP contribution in [0.4, 0.5) is 0 Å². The van der Waals surface area contributed by atoms with Crippen molar-refractivity contribution in [3.63, 3.8) is 0 Å². The molecule has 0 aromatic rings. The molecule has 0 radical (unpaired) electrons. The second kappa shape index (κ2) is 5.85. The van der Waals surface area contributed by atoms with Gasteiger partial charge in [0.2, 0.25) is 0 Å². The summed E-state index contributed by atoms with van der Waals surface area (Å²) in [7, 11) is 3.38. The zero-order valence-corrected chi connectivity index (χ0v) is 8.91. The Morgan fingerprint density at radius 3 is 2.27 bits per heavy atom. The van der Waals surface area contributed by atoms with E-state index in [9.17, 15) is 9.59 Å². The van der Waals surface area contributed by atoms with Crippen molar-refractivity contribution in [2.24, 2.45) is 0 Å². The number of Topliss-reactive ketones (excluding diaryl/α,β-unsaturated/α-hetero) is 1. The summed E-state index contributed by atoms with van der Waals surface area (Å²) in [5.41, 5.74) is 0. The van der Waals surface area contributed by atoms with Gasteiger partial charge in [-0.05, 0) is 0 Å². The number of likely N-dealkylation sites (N-methyl/N-ethyl adjacent to an activating group) is 1. The van der Waals surface area contributed by atoms with Crippen LogP contribution in [0, 0.1) is 0 Å². The van der Waals surface area contributed by atoms with Crippen molar-refractivity contribution < 1.29 is 18.8 Å². The summed E-state index contributed by atoms with van der Waals surface area (Å²) in [5.74, 6) is -0.443. The third kappa shape index (κ3) is 4.42. The average Bonchev–Trinajstić information content (AvgIpc) is 2.51. The number of rotatable bonds is 4. The van der Waals surface area contributed by atoms with Crippen LogP contribution in [-0.2, 0) is 14.3 Å². The topological polar surface area (TPSA) is 43.4 Å². The van der Waals surface area contributed by atoms with Crippen LogP contribution in [0.25, 0.3) is 0 Å². The van der Waals surface area contributed by atoms with E-state index in [0.29, 0.717) is 6.54 Å². The van der Waals surface area contributed by atoms with Crippen LogP contribution in [0.15, 0.2) is 0 Å². The molecule has 0 spiro atoms. The van der Waals surface area contributed by atoms with Gasteiger partial charge in [-0.1, -0.05) is 7.43 Å². The smallest absolute Gasteiger partial charge is 0.313 e. The maximum absolute atomic E-state index is 11.5. The highest BCUT2D eigenvalue weighted by Crippen LogP contribution is 2.16. The minimum absolute atomic E-state index is 0. The van der Waals surface area contributed by atoms with Crippen molar-refractivity contribution in [1.82, 2.24) is 0 Å². The SMILES string of the molecule is C.COC(=O)CC(=O)C[N+]1(C)CCCC1. The van der Waals surface area contributed by atoms with Gasteiger partial charge in [0.1, 0.15) is 13.0 Å². The summed E-state index contributed by atoms with van der Waals surface area (Å²) in [6, 6.07) is 0. The van der Waals surface area contributed by atoms with E-state index >= 15 is 0 Å². The fourth-order valence-corrected chi connectivity index (χ4v) is 1.97. The van der Waals surface area contributed by atoms with Gasteiger partial charge in [0.05, 0.1) is 27.2 Å². The summed E-state index contributed by atoms with van der Waals surface area (Å²) in [4.78, 5) is 22.3. The van der Waals surface area contributed by atoms with Gasteiger partial charge in [-0.15, -0.1) is 0 Å². The van der Waals surface area contributed by atoms with E-state index in [-0.39, 0.29) is 19.6 Å². The molecule has 0 unspecified atom stereocenters. The van der Waals surface area contributed by atoms with E-state index in [1.807, 2.05) is 0 Å². The van der Waals surface area contributed by atoms with E-state index in [4.69, 9.17) is 0 Å². The van der Waals surface area contributed by atoms with Gasteiger partial charge < -0.3 is 9.22 Å². The largest absolute Gasteiger partial charge is 0.469 e. The molecule has 1 rings (SSSR count). The van der Waals surface area contributed by atoms with Crippen LogP contribution in [-0.4, -0.2) is 50.0 Å². The first-order valence-electron chi connectivity index (χ1n) is 4.98. The van der Waals surface area contributed by atoms with Crippen LogP contribution in [0.3, 0.4) is 0 Å². The Hall–Kier alpha value is -0.900. The molecular formula is C11H22NO3+. The van der Waals surface area contributed by atoms with Gasteiger partial charge in [0, 0.05) is 12.8 Å². The van der Waals surface area contributed by atoms with Gasteiger partial charge in [0.15, 0.2) is 5.78 Å². The Labute approximate surface area is 91.8 Å². The first-order chi connectivity index (χ1) is 6.56. The van der Waals surface area contributed by atoms with E-state index in [1.54, 1.807) is 0 Å². The van der Waals surface area contributed by atoms with Crippen molar-refractivity contribution in [3.05, 3.63) is 0 Å². The molecule has 4 nitrogen and oxygen atoms in total. The molecule has 0 bridgehead atoms. The molecule has 1 aliphatic rings. The molecule has 4 heteroatoms. The molecular weight excluding hydrogens is 194 g/mol. The zero-order chi connectivity index (χ0) is 10.6. The number of likely N-dealkylation sites (tertiary alicyclic amines) is 1. The van der Waals surface area contributed by atoms with Crippen molar-refractivity contribution in [3.8, 4) is 0 Å². The monoisotopic (exact) mass is 216 g/mol. The highest BCUT2D eigenvalue weighted by Gasteiger charge is 2.30. The van der Waals surface area contributed by atoms with E-state index in [0.717, 1.165) is 17.6 Å². The number of esters is 1. The molecule has 1 heterocycles. The standard InChI is InChI=1S/C10H18NO3.CH4/c1-11(5-3-4-6-11)8-9(12)7-10(13)14-2;/h3-8H2,1-2H3;1H4/q+1;. The summed E-state index contributed by atoms with van der Waals surface area (Å²) < 4.78 is 5.24. The first kappa shape index (κ1) is 14.1. The Bertz CT molecular complexity index is 232. The average molecular weight is 216 g/mol. The molecule has 0 saturated carbocycles. The molecule has 0 atom stereocenters. The van der Waals surface area contributed by atoms with Crippen LogP contribution in [0.1, 0.15) is 26.7 Å². The minimum atomic E-state index is -0.430. The number of nitrogens with zero attached hydrogens (tertiary/aromatic N) is 1. The summed E-state index contributed by atoms with van der Waals surface area (Å²) in [5, 5.41) is 0. The lowest BCUT2D eigenvalue weighted by atomic mass is 10.2. The molecule has 0 aromatic carbocycles. The van der Waals surface area contributed by atoms with Gasteiger partial charge >= 0.3 is 5.97 Å². The van der Waals surface area contributed by atoms with Crippen LogP contribution in [0.5, 0.6) is 0 Å². The predicted octanol–water partition coefficient (Wildman–Crippen LogP) is 0.995. The second-order valence-corrected chi connectivity index (χ2v) is 4.22. The third-order valence-electron chi connectivity index (χ3n) is 2.77. The van der Waals surface area contributed by atoms with Gasteiger partial charge in [-0.3, -0.25) is 9.59 Å². The van der Waals surface area contributed by atoms with Crippen molar-refractivity contribution in [2.75, 3.05) is 33.8 Å². The summed E-state index contributed by atoms with van der Waals surface area (Å²) in [6.45, 7) is 2.56. The lowest BCUT2D eigenvalue weighted by Crippen LogP contribution is -2.45. The summed E-state index contributed by atoms with van der Waals surface area (Å²) >= 11 is 0. The fraction of sp³-hybridized carbons (Fsp3) is 0.818. The fourth-order valence-electron chi connectivity index (χ4n) is 1.97. The molecule has 0 aliphatic carbocycles. The Morgan fingerprint density at radius 2 is 1.80 bits per heavy atom. The van der Waals surface area contributed by atoms with Crippen LogP contribution in [0.2, 0.25) is 0 Å². The second-order valence-electron chi connectivity index (χ2n) is 4.22. The Balaban J connectivity index is 0.00000196. The minimum Gasteiger partial charge on any atom is -0.469 e. The molecule has 0 N–H and O–H groups in total. The van der Waals surface area contributed by atoms with Crippen molar-refractivity contribution in [1.29, 1.82) is 0 Å². The lowest BCUT2D eigenvalue weighted by Gasteiger charge is -2.27. The van der Waals surface area contributed by atoms with E-state index < -0.39 is 5.97 Å². The lowest BCUT2D eigenvalue weighted by molar-refractivity contribution is -0.889. The maximum atomic E-state index is 11.5. The molecule has 15 heavy (non-hydrogen) atoms. The number of carbonyl (C=O) groups is 2. The predicted molar refractivity (Wildman–Crippen MR) is 58.4 cm³/mol. The number of ketones is 1. The molecule has 1 aliphatic heterocycles. The third-order valence-corrected chi connectivity index (χ3v) is 2.77. The van der Waals surface area contributed by atoms with E-state index in [2.05, 4.69) is 11.8 Å². The molecule has 1 saturated heterocycles. The maximum Gasteiger partial charge on any atom is 0.313 e. The van der Waals surface area contributed by atoms with Gasteiger partial charge in [-0.2, -0.15) is 0 Å². The zero-order valence-electron chi connectivity index (χ0n) is 8.91. The number of ether oxygens (including phenoxy) is 1. The number of hydrogen-bond acceptors (Lipinski definition) is 3. The molecule has 88 valence electrons.